The molecule has 2 N–H and O–H groups in total. The molecule has 0 bridgehead atoms. The number of urea groups is 1. The Bertz CT molecular complexity index is 946. The van der Waals surface area contributed by atoms with Gasteiger partial charge in [0, 0.05) is 12.1 Å². The number of carbonyl (C=O) groups excluding carboxylic acids is 1. The zero-order valence-electron chi connectivity index (χ0n) is 14.6. The smallest absolute Gasteiger partial charge is 0.341 e. The van der Waals surface area contributed by atoms with E-state index in [1.54, 1.807) is 24.3 Å². The van der Waals surface area contributed by atoms with Gasteiger partial charge in [0.25, 0.3) is 0 Å². The monoisotopic (exact) mass is 412 g/mol. The molecular formula is C18H18F2N2O5S. The van der Waals surface area contributed by atoms with E-state index in [2.05, 4.69) is 10.6 Å². The van der Waals surface area contributed by atoms with Gasteiger partial charge >= 0.3 is 11.8 Å². The van der Waals surface area contributed by atoms with E-state index in [0.29, 0.717) is 24.7 Å². The topological polar surface area (TPSA) is 93.7 Å². The summed E-state index contributed by atoms with van der Waals surface area (Å²) in [6, 6.07) is 10.8. The summed E-state index contributed by atoms with van der Waals surface area (Å²) in [5.74, 6) is -3.08. The first-order chi connectivity index (χ1) is 13.4. The van der Waals surface area contributed by atoms with Crippen molar-refractivity contribution in [3.63, 3.8) is 0 Å². The number of hydrogen-bond donors (Lipinski definition) is 2. The minimum absolute atomic E-state index is 0.0572. The minimum atomic E-state index is -4.75. The third kappa shape index (κ3) is 4.76. The van der Waals surface area contributed by atoms with Crippen molar-refractivity contribution in [1.82, 2.24) is 0 Å². The van der Waals surface area contributed by atoms with Gasteiger partial charge in [-0.1, -0.05) is 18.2 Å². The average molecular weight is 412 g/mol. The van der Waals surface area contributed by atoms with Gasteiger partial charge in [-0.15, -0.1) is 0 Å². The number of rotatable bonds is 6. The summed E-state index contributed by atoms with van der Waals surface area (Å²) < 4.78 is 59.6. The molecule has 1 saturated heterocycles. The number of para-hydroxylation sites is 2. The maximum Gasteiger partial charge on any atom is 0.341 e. The molecule has 1 heterocycles. The van der Waals surface area contributed by atoms with Gasteiger partial charge in [0.05, 0.1) is 23.8 Å². The predicted molar refractivity (Wildman–Crippen MR) is 98.6 cm³/mol. The van der Waals surface area contributed by atoms with Crippen LogP contribution in [0.2, 0.25) is 0 Å². The molecule has 150 valence electrons. The molecule has 0 aromatic heterocycles. The maximum atomic E-state index is 12.7. The van der Waals surface area contributed by atoms with Crippen molar-refractivity contribution in [2.75, 3.05) is 23.8 Å². The lowest BCUT2D eigenvalue weighted by Crippen LogP contribution is -2.22. The molecule has 7 nitrogen and oxygen atoms in total. The summed E-state index contributed by atoms with van der Waals surface area (Å²) in [6.45, 7) is 1.07. The highest BCUT2D eigenvalue weighted by Crippen LogP contribution is 2.27. The highest BCUT2D eigenvalue weighted by molar-refractivity contribution is 7.91. The lowest BCUT2D eigenvalue weighted by Gasteiger charge is -2.16. The third-order valence-corrected chi connectivity index (χ3v) is 5.35. The van der Waals surface area contributed by atoms with Crippen LogP contribution >= 0.6 is 0 Å². The summed E-state index contributed by atoms with van der Waals surface area (Å²) in [4.78, 5) is 11.7. The molecule has 3 rings (SSSR count). The summed E-state index contributed by atoms with van der Waals surface area (Å²) in [5.41, 5.74) is 0.463. The highest BCUT2D eigenvalue weighted by atomic mass is 32.2. The number of amides is 2. The van der Waals surface area contributed by atoms with Gasteiger partial charge in [0.2, 0.25) is 9.84 Å². The fourth-order valence-corrected chi connectivity index (χ4v) is 3.36. The molecule has 2 amide bonds. The van der Waals surface area contributed by atoms with E-state index in [0.717, 1.165) is 18.6 Å². The standard InChI is InChI=1S/C18H18F2N2O5S/c19-17(20)28(24,25)14-5-3-4-12(10-14)21-18(23)22-15-6-1-2-7-16(15)27-13-8-9-26-11-13/h1-7,10,13,17H,8-9,11H2,(H2,21,22,23). The van der Waals surface area contributed by atoms with E-state index in [9.17, 15) is 22.0 Å². The summed E-state index contributed by atoms with van der Waals surface area (Å²) >= 11 is 0. The van der Waals surface area contributed by atoms with Crippen molar-refractivity contribution in [2.45, 2.75) is 23.2 Å². The Morgan fingerprint density at radius 2 is 1.93 bits per heavy atom. The summed E-state index contributed by atoms with van der Waals surface area (Å²) in [6.07, 6.45) is 0.633. The Morgan fingerprint density at radius 1 is 1.14 bits per heavy atom. The van der Waals surface area contributed by atoms with Crippen LogP contribution in [0.25, 0.3) is 0 Å². The van der Waals surface area contributed by atoms with E-state index in [4.69, 9.17) is 9.47 Å². The molecule has 2 aromatic carbocycles. The molecule has 0 radical (unpaired) electrons. The number of benzene rings is 2. The van der Waals surface area contributed by atoms with Crippen molar-refractivity contribution in [3.8, 4) is 5.75 Å². The van der Waals surface area contributed by atoms with Crippen molar-refractivity contribution < 1.29 is 31.5 Å². The van der Waals surface area contributed by atoms with Crippen LogP contribution in [0.15, 0.2) is 53.4 Å². The zero-order chi connectivity index (χ0) is 20.1. The molecule has 10 heteroatoms. The fourth-order valence-electron chi connectivity index (χ4n) is 2.60. The Labute approximate surface area is 160 Å². The van der Waals surface area contributed by atoms with Gasteiger partial charge in [-0.25, -0.2) is 13.2 Å². The number of hydrogen-bond acceptors (Lipinski definition) is 5. The summed E-state index contributed by atoms with van der Waals surface area (Å²) in [5, 5.41) is 5.02. The van der Waals surface area contributed by atoms with Crippen LogP contribution in [0.5, 0.6) is 5.75 Å². The largest absolute Gasteiger partial charge is 0.486 e. The molecule has 1 fully saturated rings. The number of alkyl halides is 2. The second-order valence-corrected chi connectivity index (χ2v) is 7.93. The van der Waals surface area contributed by atoms with Crippen molar-refractivity contribution >= 4 is 27.2 Å². The molecule has 1 aliphatic heterocycles. The van der Waals surface area contributed by atoms with Crippen LogP contribution in [0.1, 0.15) is 6.42 Å². The van der Waals surface area contributed by atoms with Crippen LogP contribution in [0.3, 0.4) is 0 Å². The molecule has 0 aliphatic carbocycles. The van der Waals surface area contributed by atoms with Crippen molar-refractivity contribution in [1.29, 1.82) is 0 Å². The maximum absolute atomic E-state index is 12.7. The van der Waals surface area contributed by atoms with Crippen LogP contribution < -0.4 is 15.4 Å². The predicted octanol–water partition coefficient (Wildman–Crippen LogP) is 3.49. The number of ether oxygens (including phenoxy) is 2. The Kier molecular flexibility index (Phi) is 6.10. The Balaban J connectivity index is 1.70. The first-order valence-electron chi connectivity index (χ1n) is 8.40. The number of anilines is 2. The second-order valence-electron chi connectivity index (χ2n) is 6.01. The van der Waals surface area contributed by atoms with Crippen molar-refractivity contribution in [2.24, 2.45) is 0 Å². The normalized spacial score (nSPS) is 16.8. The highest BCUT2D eigenvalue weighted by Gasteiger charge is 2.26. The molecule has 0 spiro atoms. The number of carbonyl (C=O) groups is 1. The number of halogens is 2. The molecule has 0 saturated carbocycles. The molecular weight excluding hydrogens is 394 g/mol. The molecule has 28 heavy (non-hydrogen) atoms. The van der Waals surface area contributed by atoms with Crippen LogP contribution in [0.4, 0.5) is 25.0 Å². The molecule has 2 aromatic rings. The van der Waals surface area contributed by atoms with Gasteiger partial charge in [-0.05, 0) is 30.3 Å². The van der Waals surface area contributed by atoms with Gasteiger partial charge in [0.15, 0.2) is 0 Å². The molecule has 1 aliphatic rings. The Morgan fingerprint density at radius 3 is 2.64 bits per heavy atom. The minimum Gasteiger partial charge on any atom is -0.486 e. The lowest BCUT2D eigenvalue weighted by molar-refractivity contribution is 0.142. The second kappa shape index (κ2) is 8.53. The third-order valence-electron chi connectivity index (χ3n) is 3.97. The fraction of sp³-hybridized carbons (Fsp3) is 0.278. The van der Waals surface area contributed by atoms with Gasteiger partial charge in [0.1, 0.15) is 11.9 Å². The quantitative estimate of drug-likeness (QED) is 0.758. The van der Waals surface area contributed by atoms with Crippen LogP contribution in [-0.2, 0) is 14.6 Å². The Hall–Kier alpha value is -2.72. The van der Waals surface area contributed by atoms with Gasteiger partial charge in [-0.3, -0.25) is 0 Å². The van der Waals surface area contributed by atoms with Crippen molar-refractivity contribution in [3.05, 3.63) is 48.5 Å². The lowest BCUT2D eigenvalue weighted by atomic mass is 10.2. The van der Waals surface area contributed by atoms with E-state index in [1.165, 1.54) is 12.1 Å². The van der Waals surface area contributed by atoms with E-state index < -0.39 is 26.5 Å². The first-order valence-corrected chi connectivity index (χ1v) is 9.94. The molecule has 1 unspecified atom stereocenters. The van der Waals surface area contributed by atoms with Crippen LogP contribution in [-0.4, -0.2) is 39.5 Å². The van der Waals surface area contributed by atoms with Gasteiger partial charge in [-0.2, -0.15) is 8.78 Å². The number of nitrogens with one attached hydrogen (secondary N) is 2. The van der Waals surface area contributed by atoms with Gasteiger partial charge < -0.3 is 20.1 Å². The van der Waals surface area contributed by atoms with E-state index in [1.807, 2.05) is 0 Å². The SMILES string of the molecule is O=C(Nc1cccc(S(=O)(=O)C(F)F)c1)Nc1ccccc1OC1CCOC1. The summed E-state index contributed by atoms with van der Waals surface area (Å²) in [7, 11) is -4.75. The first kappa shape index (κ1) is 20.0. The van der Waals surface area contributed by atoms with E-state index in [-0.39, 0.29) is 11.8 Å². The zero-order valence-corrected chi connectivity index (χ0v) is 15.4. The average Bonchev–Trinajstić information content (AvgIpc) is 3.16. The van der Waals surface area contributed by atoms with E-state index >= 15 is 0 Å². The molecule has 1 atom stereocenters. The van der Waals surface area contributed by atoms with Crippen LogP contribution in [0, 0.1) is 0 Å². The number of sulfone groups is 1.